The number of carbonyl (C=O) groups excluding carboxylic acids is 1. The number of halogens is 2. The van der Waals surface area contributed by atoms with Gasteiger partial charge in [0.1, 0.15) is 11.3 Å². The monoisotopic (exact) mass is 366 g/mol. The van der Waals surface area contributed by atoms with Crippen molar-refractivity contribution in [1.29, 1.82) is 0 Å². The van der Waals surface area contributed by atoms with Crippen LogP contribution in [0.25, 0.3) is 22.6 Å². The SMILES string of the molecule is O=C(Nc1ccc2oc(-c3cccc(F)c3)nc2c1)c1ccccc1Cl. The van der Waals surface area contributed by atoms with Crippen LogP contribution in [0.5, 0.6) is 0 Å². The largest absolute Gasteiger partial charge is 0.436 e. The molecule has 0 saturated carbocycles. The van der Waals surface area contributed by atoms with Gasteiger partial charge in [-0.3, -0.25) is 4.79 Å². The van der Waals surface area contributed by atoms with Crippen molar-refractivity contribution in [3.05, 3.63) is 83.1 Å². The van der Waals surface area contributed by atoms with Crippen LogP contribution >= 0.6 is 11.6 Å². The molecule has 1 amide bonds. The summed E-state index contributed by atoms with van der Waals surface area (Å²) in [5.74, 6) is -0.365. The Balaban J connectivity index is 1.64. The molecule has 0 spiro atoms. The van der Waals surface area contributed by atoms with Crippen LogP contribution in [0.2, 0.25) is 5.02 Å². The second-order valence-electron chi connectivity index (χ2n) is 5.65. The van der Waals surface area contributed by atoms with Gasteiger partial charge >= 0.3 is 0 Å². The number of anilines is 1. The maximum absolute atomic E-state index is 13.4. The first-order valence-corrected chi connectivity index (χ1v) is 8.20. The predicted molar refractivity (Wildman–Crippen MR) is 98.8 cm³/mol. The van der Waals surface area contributed by atoms with Crippen molar-refractivity contribution in [3.63, 3.8) is 0 Å². The van der Waals surface area contributed by atoms with Crippen LogP contribution in [0.15, 0.2) is 71.1 Å². The number of nitrogens with one attached hydrogen (secondary N) is 1. The Morgan fingerprint density at radius 1 is 1.04 bits per heavy atom. The molecule has 0 bridgehead atoms. The van der Waals surface area contributed by atoms with E-state index in [0.717, 1.165) is 0 Å². The molecule has 1 heterocycles. The lowest BCUT2D eigenvalue weighted by molar-refractivity contribution is 0.102. The lowest BCUT2D eigenvalue weighted by Gasteiger charge is -2.06. The number of carbonyl (C=O) groups is 1. The Hall–Kier alpha value is -3.18. The molecule has 3 aromatic carbocycles. The molecule has 4 rings (SSSR count). The van der Waals surface area contributed by atoms with E-state index in [2.05, 4.69) is 10.3 Å². The van der Waals surface area contributed by atoms with Crippen molar-refractivity contribution >= 4 is 34.3 Å². The van der Waals surface area contributed by atoms with E-state index >= 15 is 0 Å². The number of rotatable bonds is 3. The van der Waals surface area contributed by atoms with Gasteiger partial charge in [0.15, 0.2) is 5.58 Å². The van der Waals surface area contributed by atoms with Gasteiger partial charge in [-0.1, -0.05) is 29.8 Å². The fourth-order valence-corrected chi connectivity index (χ4v) is 2.82. The molecule has 0 saturated heterocycles. The second kappa shape index (κ2) is 6.61. The Labute approximate surface area is 153 Å². The summed E-state index contributed by atoms with van der Waals surface area (Å²) >= 11 is 6.05. The lowest BCUT2D eigenvalue weighted by atomic mass is 10.2. The zero-order chi connectivity index (χ0) is 18.1. The molecule has 0 aliphatic rings. The van der Waals surface area contributed by atoms with Crippen molar-refractivity contribution < 1.29 is 13.6 Å². The van der Waals surface area contributed by atoms with Crippen molar-refractivity contribution in [3.8, 4) is 11.5 Å². The average Bonchev–Trinajstić information content (AvgIpc) is 3.05. The third-order valence-electron chi connectivity index (χ3n) is 3.84. The van der Waals surface area contributed by atoms with Gasteiger partial charge in [-0.25, -0.2) is 9.37 Å². The van der Waals surface area contributed by atoms with Crippen LogP contribution in [-0.4, -0.2) is 10.9 Å². The zero-order valence-corrected chi connectivity index (χ0v) is 14.1. The molecule has 0 unspecified atom stereocenters. The Kier molecular flexibility index (Phi) is 4.14. The minimum absolute atomic E-state index is 0.314. The number of fused-ring (bicyclic) bond motifs is 1. The number of benzene rings is 3. The van der Waals surface area contributed by atoms with Gasteiger partial charge in [-0.2, -0.15) is 0 Å². The van der Waals surface area contributed by atoms with Crippen LogP contribution in [0.1, 0.15) is 10.4 Å². The molecule has 4 aromatic rings. The first kappa shape index (κ1) is 16.3. The minimum atomic E-state index is -0.363. The van der Waals surface area contributed by atoms with E-state index < -0.39 is 0 Å². The van der Waals surface area contributed by atoms with E-state index in [1.165, 1.54) is 12.1 Å². The second-order valence-corrected chi connectivity index (χ2v) is 6.05. The van der Waals surface area contributed by atoms with Crippen LogP contribution in [0.3, 0.4) is 0 Å². The predicted octanol–water partition coefficient (Wildman–Crippen LogP) is 5.54. The molecule has 26 heavy (non-hydrogen) atoms. The van der Waals surface area contributed by atoms with E-state index in [9.17, 15) is 9.18 Å². The van der Waals surface area contributed by atoms with Gasteiger partial charge in [0, 0.05) is 11.3 Å². The van der Waals surface area contributed by atoms with Crippen molar-refractivity contribution in [1.82, 2.24) is 4.98 Å². The van der Waals surface area contributed by atoms with Crippen LogP contribution in [0.4, 0.5) is 10.1 Å². The summed E-state index contributed by atoms with van der Waals surface area (Å²) in [6.07, 6.45) is 0. The summed E-state index contributed by atoms with van der Waals surface area (Å²) in [5, 5.41) is 3.16. The number of nitrogens with zero attached hydrogens (tertiary/aromatic N) is 1. The Morgan fingerprint density at radius 2 is 1.88 bits per heavy atom. The molecule has 1 N–H and O–H groups in total. The molecule has 0 radical (unpaired) electrons. The van der Waals surface area contributed by atoms with Gasteiger partial charge in [0.2, 0.25) is 5.89 Å². The van der Waals surface area contributed by atoms with Crippen LogP contribution < -0.4 is 5.32 Å². The van der Waals surface area contributed by atoms with Crippen molar-refractivity contribution in [2.75, 3.05) is 5.32 Å². The fourth-order valence-electron chi connectivity index (χ4n) is 2.59. The number of hydrogen-bond acceptors (Lipinski definition) is 3. The highest BCUT2D eigenvalue weighted by molar-refractivity contribution is 6.34. The van der Waals surface area contributed by atoms with E-state index in [0.29, 0.717) is 38.8 Å². The van der Waals surface area contributed by atoms with Gasteiger partial charge < -0.3 is 9.73 Å². The van der Waals surface area contributed by atoms with E-state index in [-0.39, 0.29) is 11.7 Å². The molecule has 4 nitrogen and oxygen atoms in total. The molecule has 6 heteroatoms. The van der Waals surface area contributed by atoms with Crippen molar-refractivity contribution in [2.24, 2.45) is 0 Å². The highest BCUT2D eigenvalue weighted by atomic mass is 35.5. The summed E-state index contributed by atoms with van der Waals surface area (Å²) in [6, 6.07) is 17.9. The summed E-state index contributed by atoms with van der Waals surface area (Å²) in [5.41, 5.74) is 2.58. The highest BCUT2D eigenvalue weighted by Crippen LogP contribution is 2.27. The molecule has 0 aliphatic carbocycles. The molecule has 1 aromatic heterocycles. The fraction of sp³-hybridized carbons (Fsp3) is 0. The quantitative estimate of drug-likeness (QED) is 0.518. The van der Waals surface area contributed by atoms with Crippen LogP contribution in [-0.2, 0) is 0 Å². The summed E-state index contributed by atoms with van der Waals surface area (Å²) in [6.45, 7) is 0. The van der Waals surface area contributed by atoms with E-state index in [4.69, 9.17) is 16.0 Å². The number of amides is 1. The number of hydrogen-bond donors (Lipinski definition) is 1. The summed E-state index contributed by atoms with van der Waals surface area (Å²) in [4.78, 5) is 16.7. The molecular formula is C20H12ClFN2O2. The molecular weight excluding hydrogens is 355 g/mol. The van der Waals surface area contributed by atoms with E-state index in [1.807, 2.05) is 0 Å². The first-order valence-electron chi connectivity index (χ1n) is 7.82. The summed E-state index contributed by atoms with van der Waals surface area (Å²) < 4.78 is 19.0. The number of aromatic nitrogens is 1. The summed E-state index contributed by atoms with van der Waals surface area (Å²) in [7, 11) is 0. The van der Waals surface area contributed by atoms with Crippen molar-refractivity contribution in [2.45, 2.75) is 0 Å². The third-order valence-corrected chi connectivity index (χ3v) is 4.17. The highest BCUT2D eigenvalue weighted by Gasteiger charge is 2.12. The molecule has 128 valence electrons. The smallest absolute Gasteiger partial charge is 0.257 e. The van der Waals surface area contributed by atoms with Gasteiger partial charge in [0.05, 0.1) is 10.6 Å². The Bertz CT molecular complexity index is 1120. The molecule has 0 aliphatic heterocycles. The topological polar surface area (TPSA) is 55.1 Å². The maximum Gasteiger partial charge on any atom is 0.257 e. The van der Waals surface area contributed by atoms with Crippen LogP contribution in [0, 0.1) is 5.82 Å². The number of oxazole rings is 1. The minimum Gasteiger partial charge on any atom is -0.436 e. The first-order chi connectivity index (χ1) is 12.6. The molecule has 0 atom stereocenters. The van der Waals surface area contributed by atoms with Gasteiger partial charge in [-0.15, -0.1) is 0 Å². The average molecular weight is 367 g/mol. The van der Waals surface area contributed by atoms with Gasteiger partial charge in [0.25, 0.3) is 5.91 Å². The standard InChI is InChI=1S/C20H12ClFN2O2/c21-16-7-2-1-6-15(16)19(25)23-14-8-9-18-17(11-14)24-20(26-18)12-4-3-5-13(22)10-12/h1-11H,(H,23,25). The lowest BCUT2D eigenvalue weighted by Crippen LogP contribution is -2.12. The third kappa shape index (κ3) is 3.17. The normalized spacial score (nSPS) is 10.8. The zero-order valence-electron chi connectivity index (χ0n) is 13.4. The molecule has 0 fully saturated rings. The Morgan fingerprint density at radius 3 is 2.69 bits per heavy atom. The van der Waals surface area contributed by atoms with E-state index in [1.54, 1.807) is 54.6 Å². The maximum atomic E-state index is 13.4. The van der Waals surface area contributed by atoms with Gasteiger partial charge in [-0.05, 0) is 48.5 Å².